The number of carbonyl (C=O) groups is 1. The molecule has 1 aromatic carbocycles. The summed E-state index contributed by atoms with van der Waals surface area (Å²) in [6.45, 7) is 2.78. The molecule has 132 valence electrons. The molecule has 2 saturated heterocycles. The smallest absolute Gasteiger partial charge is 0.253 e. The summed E-state index contributed by atoms with van der Waals surface area (Å²) in [5, 5.41) is 0. The topological polar surface area (TPSA) is 57.7 Å². The van der Waals surface area contributed by atoms with E-state index in [2.05, 4.69) is 0 Å². The van der Waals surface area contributed by atoms with Crippen molar-refractivity contribution in [3.63, 3.8) is 0 Å². The summed E-state index contributed by atoms with van der Waals surface area (Å²) in [6.07, 6.45) is 7.55. The fourth-order valence-electron chi connectivity index (χ4n) is 3.48. The van der Waals surface area contributed by atoms with Gasteiger partial charge in [0.25, 0.3) is 5.91 Å². The van der Waals surface area contributed by atoms with Gasteiger partial charge in [-0.25, -0.2) is 8.42 Å². The van der Waals surface area contributed by atoms with Gasteiger partial charge in [0.05, 0.1) is 4.90 Å². The summed E-state index contributed by atoms with van der Waals surface area (Å²) < 4.78 is 26.6. The molecule has 0 spiro atoms. The van der Waals surface area contributed by atoms with Crippen molar-refractivity contribution >= 4 is 15.9 Å². The maximum absolute atomic E-state index is 12.6. The van der Waals surface area contributed by atoms with Gasteiger partial charge >= 0.3 is 0 Å². The molecular weight excluding hydrogens is 324 g/mol. The molecule has 0 saturated carbocycles. The number of nitrogens with zero attached hydrogens (tertiary/aromatic N) is 2. The highest BCUT2D eigenvalue weighted by atomic mass is 32.2. The highest BCUT2D eigenvalue weighted by Crippen LogP contribution is 2.22. The number of sulfonamides is 1. The molecule has 0 radical (unpaired) electrons. The number of amides is 1. The molecule has 1 aromatic rings. The second-order valence-electron chi connectivity index (χ2n) is 6.70. The number of rotatable bonds is 3. The molecule has 24 heavy (non-hydrogen) atoms. The SMILES string of the molecule is O=C(c1ccc(S(=O)(=O)N2CCCC2)cc1)N1CCCCCCC1. The number of benzene rings is 1. The number of carbonyl (C=O) groups excluding carboxylic acids is 1. The Morgan fingerprint density at radius 1 is 0.750 bits per heavy atom. The van der Waals surface area contributed by atoms with Crippen LogP contribution in [0.5, 0.6) is 0 Å². The van der Waals surface area contributed by atoms with Crippen molar-refractivity contribution in [3.8, 4) is 0 Å². The number of hydrogen-bond donors (Lipinski definition) is 0. The highest BCUT2D eigenvalue weighted by Gasteiger charge is 2.27. The van der Waals surface area contributed by atoms with Gasteiger partial charge in [0.15, 0.2) is 0 Å². The van der Waals surface area contributed by atoms with Gasteiger partial charge in [0.2, 0.25) is 10.0 Å². The van der Waals surface area contributed by atoms with Crippen LogP contribution in [0.2, 0.25) is 0 Å². The van der Waals surface area contributed by atoms with E-state index in [-0.39, 0.29) is 10.8 Å². The third kappa shape index (κ3) is 3.81. The Morgan fingerprint density at radius 3 is 1.83 bits per heavy atom. The molecule has 2 aliphatic heterocycles. The van der Waals surface area contributed by atoms with Crippen LogP contribution in [-0.2, 0) is 10.0 Å². The predicted octanol–water partition coefficient (Wildman–Crippen LogP) is 2.88. The van der Waals surface area contributed by atoms with Gasteiger partial charge in [-0.3, -0.25) is 4.79 Å². The molecule has 2 heterocycles. The van der Waals surface area contributed by atoms with Crippen LogP contribution in [0.1, 0.15) is 55.3 Å². The van der Waals surface area contributed by atoms with Crippen molar-refractivity contribution in [2.24, 2.45) is 0 Å². The summed E-state index contributed by atoms with van der Waals surface area (Å²) in [7, 11) is -3.41. The molecule has 0 aromatic heterocycles. The Balaban J connectivity index is 1.72. The fourth-order valence-corrected chi connectivity index (χ4v) is 5.00. The Kier molecular flexibility index (Phi) is 5.56. The van der Waals surface area contributed by atoms with Crippen LogP contribution < -0.4 is 0 Å². The van der Waals surface area contributed by atoms with Crippen LogP contribution in [0.3, 0.4) is 0 Å². The summed E-state index contributed by atoms with van der Waals surface area (Å²) in [5.41, 5.74) is 0.580. The van der Waals surface area contributed by atoms with Crippen LogP contribution in [-0.4, -0.2) is 49.7 Å². The van der Waals surface area contributed by atoms with Crippen molar-refractivity contribution < 1.29 is 13.2 Å². The van der Waals surface area contributed by atoms with Gasteiger partial charge in [-0.1, -0.05) is 19.3 Å². The lowest BCUT2D eigenvalue weighted by molar-refractivity contribution is 0.0742. The van der Waals surface area contributed by atoms with Crippen molar-refractivity contribution in [1.29, 1.82) is 0 Å². The van der Waals surface area contributed by atoms with Gasteiger partial charge in [-0.05, 0) is 49.9 Å². The largest absolute Gasteiger partial charge is 0.339 e. The van der Waals surface area contributed by atoms with E-state index in [9.17, 15) is 13.2 Å². The van der Waals surface area contributed by atoms with Crippen molar-refractivity contribution in [2.45, 2.75) is 49.8 Å². The van der Waals surface area contributed by atoms with Crippen molar-refractivity contribution in [1.82, 2.24) is 9.21 Å². The summed E-state index contributed by atoms with van der Waals surface area (Å²) >= 11 is 0. The minimum atomic E-state index is -3.41. The fraction of sp³-hybridized carbons (Fsp3) is 0.611. The second kappa shape index (κ2) is 7.66. The second-order valence-corrected chi connectivity index (χ2v) is 8.63. The first-order chi connectivity index (χ1) is 11.6. The Morgan fingerprint density at radius 2 is 1.25 bits per heavy atom. The van der Waals surface area contributed by atoms with Crippen LogP contribution in [0.4, 0.5) is 0 Å². The zero-order chi connectivity index (χ0) is 17.0. The van der Waals surface area contributed by atoms with Crippen LogP contribution in [0.25, 0.3) is 0 Å². The van der Waals surface area contributed by atoms with E-state index in [4.69, 9.17) is 0 Å². The average molecular weight is 350 g/mol. The quantitative estimate of drug-likeness (QED) is 0.842. The van der Waals surface area contributed by atoms with Crippen LogP contribution in [0, 0.1) is 0 Å². The number of likely N-dealkylation sites (tertiary alicyclic amines) is 1. The monoisotopic (exact) mass is 350 g/mol. The number of hydrogen-bond acceptors (Lipinski definition) is 3. The zero-order valence-electron chi connectivity index (χ0n) is 14.1. The van der Waals surface area contributed by atoms with E-state index in [1.54, 1.807) is 24.3 Å². The van der Waals surface area contributed by atoms with Crippen LogP contribution >= 0.6 is 0 Å². The molecule has 0 unspecified atom stereocenters. The first kappa shape index (κ1) is 17.4. The molecule has 1 amide bonds. The minimum Gasteiger partial charge on any atom is -0.339 e. The summed E-state index contributed by atoms with van der Waals surface area (Å²) in [5.74, 6) is 0.0158. The Hall–Kier alpha value is -1.40. The summed E-state index contributed by atoms with van der Waals surface area (Å²) in [4.78, 5) is 14.8. The molecular formula is C18H26N2O3S. The van der Waals surface area contributed by atoms with Crippen LogP contribution in [0.15, 0.2) is 29.2 Å². The molecule has 2 fully saturated rings. The van der Waals surface area contributed by atoms with Crippen molar-refractivity contribution in [2.75, 3.05) is 26.2 Å². The lowest BCUT2D eigenvalue weighted by atomic mass is 10.1. The first-order valence-electron chi connectivity index (χ1n) is 8.98. The average Bonchev–Trinajstić information content (AvgIpc) is 3.09. The van der Waals surface area contributed by atoms with E-state index in [0.717, 1.165) is 38.8 Å². The molecule has 3 rings (SSSR count). The third-order valence-electron chi connectivity index (χ3n) is 4.95. The Labute approximate surface area is 144 Å². The maximum atomic E-state index is 12.6. The van der Waals surface area contributed by atoms with E-state index >= 15 is 0 Å². The normalized spacial score (nSPS) is 20.6. The van der Waals surface area contributed by atoms with Crippen molar-refractivity contribution in [3.05, 3.63) is 29.8 Å². The first-order valence-corrected chi connectivity index (χ1v) is 10.4. The third-order valence-corrected chi connectivity index (χ3v) is 6.86. The van der Waals surface area contributed by atoms with E-state index in [1.165, 1.54) is 23.6 Å². The van der Waals surface area contributed by atoms with Gasteiger partial charge < -0.3 is 4.90 Å². The summed E-state index contributed by atoms with van der Waals surface area (Å²) in [6, 6.07) is 6.46. The predicted molar refractivity (Wildman–Crippen MR) is 93.4 cm³/mol. The Bertz CT molecular complexity index is 656. The molecule has 5 nitrogen and oxygen atoms in total. The van der Waals surface area contributed by atoms with Gasteiger partial charge in [-0.15, -0.1) is 0 Å². The molecule has 6 heteroatoms. The maximum Gasteiger partial charge on any atom is 0.253 e. The molecule has 0 aliphatic carbocycles. The lowest BCUT2D eigenvalue weighted by Gasteiger charge is -2.25. The molecule has 0 atom stereocenters. The highest BCUT2D eigenvalue weighted by molar-refractivity contribution is 7.89. The van der Waals surface area contributed by atoms with E-state index < -0.39 is 10.0 Å². The standard InChI is InChI=1S/C18H26N2O3S/c21-18(19-12-4-2-1-3-5-13-19)16-8-10-17(11-9-16)24(22,23)20-14-6-7-15-20/h8-11H,1-7,12-15H2. The minimum absolute atomic E-state index is 0.0158. The molecule has 2 aliphatic rings. The van der Waals surface area contributed by atoms with Gasteiger partial charge in [0.1, 0.15) is 0 Å². The molecule has 0 bridgehead atoms. The molecule has 0 N–H and O–H groups in total. The van der Waals surface area contributed by atoms with Gasteiger partial charge in [0, 0.05) is 31.7 Å². The van der Waals surface area contributed by atoms with E-state index in [1.807, 2.05) is 4.90 Å². The zero-order valence-corrected chi connectivity index (χ0v) is 14.9. The lowest BCUT2D eigenvalue weighted by Crippen LogP contribution is -2.33. The van der Waals surface area contributed by atoms with Gasteiger partial charge in [-0.2, -0.15) is 4.31 Å². The van der Waals surface area contributed by atoms with E-state index in [0.29, 0.717) is 18.7 Å².